The summed E-state index contributed by atoms with van der Waals surface area (Å²) in [7, 11) is 1.75. The van der Waals surface area contributed by atoms with Crippen LogP contribution in [0.4, 0.5) is 0 Å². The molecule has 0 spiro atoms. The predicted octanol–water partition coefficient (Wildman–Crippen LogP) is 3.37. The van der Waals surface area contributed by atoms with Gasteiger partial charge < -0.3 is 14.2 Å². The zero-order chi connectivity index (χ0) is 12.7. The van der Waals surface area contributed by atoms with Gasteiger partial charge in [-0.05, 0) is 23.6 Å². The van der Waals surface area contributed by atoms with Crippen LogP contribution in [-0.4, -0.2) is 7.11 Å². The number of hydrogen-bond acceptors (Lipinski definition) is 3. The lowest BCUT2D eigenvalue weighted by Gasteiger charge is -2.22. The topological polar surface area (TPSA) is 27.7 Å². The lowest BCUT2D eigenvalue weighted by atomic mass is 9.82. The van der Waals surface area contributed by atoms with Crippen LogP contribution in [0.2, 0.25) is 0 Å². The molecule has 4 bridgehead atoms. The van der Waals surface area contributed by atoms with Crippen molar-refractivity contribution in [2.45, 2.75) is 31.3 Å². The van der Waals surface area contributed by atoms with Gasteiger partial charge in [0.2, 0.25) is 0 Å². The minimum absolute atomic E-state index is 0.0575. The molecule has 0 unspecified atom stereocenters. The molecule has 96 valence electrons. The minimum Gasteiger partial charge on any atom is -0.496 e. The van der Waals surface area contributed by atoms with Gasteiger partial charge in [-0.2, -0.15) is 0 Å². The predicted molar refractivity (Wildman–Crippen MR) is 69.1 cm³/mol. The molecule has 4 aliphatic rings. The molecule has 0 radical (unpaired) electrons. The van der Waals surface area contributed by atoms with Gasteiger partial charge in [-0.3, -0.25) is 0 Å². The van der Waals surface area contributed by atoms with Gasteiger partial charge in [-0.15, -0.1) is 0 Å². The van der Waals surface area contributed by atoms with Crippen molar-refractivity contribution in [3.05, 3.63) is 52.1 Å². The quantitative estimate of drug-likeness (QED) is 0.719. The van der Waals surface area contributed by atoms with Crippen LogP contribution in [0.1, 0.15) is 52.2 Å². The third-order valence-electron chi connectivity index (χ3n) is 4.73. The Balaban J connectivity index is 1.89. The summed E-state index contributed by atoms with van der Waals surface area (Å²) in [5.41, 5.74) is 6.35. The molecule has 0 aliphatic carbocycles. The molecule has 1 aromatic carbocycles. The van der Waals surface area contributed by atoms with E-state index in [4.69, 9.17) is 14.2 Å². The molecule has 0 saturated heterocycles. The lowest BCUT2D eigenvalue weighted by Crippen LogP contribution is -2.08. The van der Waals surface area contributed by atoms with E-state index in [1.165, 1.54) is 27.8 Å². The summed E-state index contributed by atoms with van der Waals surface area (Å²) in [6, 6.07) is 0. The summed E-state index contributed by atoms with van der Waals surface area (Å²) in [4.78, 5) is 0. The summed E-state index contributed by atoms with van der Waals surface area (Å²) < 4.78 is 17.7. The van der Waals surface area contributed by atoms with Crippen molar-refractivity contribution < 1.29 is 14.2 Å². The number of rotatable bonds is 1. The Labute approximate surface area is 111 Å². The maximum Gasteiger partial charge on any atom is 0.131 e. The minimum atomic E-state index is 0.0575. The van der Waals surface area contributed by atoms with Crippen LogP contribution in [0.15, 0.2) is 24.3 Å². The fourth-order valence-corrected chi connectivity index (χ4v) is 4.02. The average Bonchev–Trinajstić information content (AvgIpc) is 3.18. The van der Waals surface area contributed by atoms with Crippen LogP contribution in [0.3, 0.4) is 0 Å². The molecule has 0 saturated carbocycles. The normalized spacial score (nSPS) is 35.1. The molecule has 19 heavy (non-hydrogen) atoms. The molecule has 0 aromatic heterocycles. The Kier molecular flexibility index (Phi) is 1.68. The van der Waals surface area contributed by atoms with Gasteiger partial charge in [0.1, 0.15) is 30.2 Å². The lowest BCUT2D eigenvalue weighted by molar-refractivity contribution is 0.0819. The van der Waals surface area contributed by atoms with Gasteiger partial charge in [0, 0.05) is 11.1 Å². The second-order valence-electron chi connectivity index (χ2n) is 5.54. The van der Waals surface area contributed by atoms with Gasteiger partial charge in [0.05, 0.1) is 7.11 Å². The second kappa shape index (κ2) is 3.11. The van der Waals surface area contributed by atoms with Crippen molar-refractivity contribution in [2.75, 3.05) is 7.11 Å². The zero-order valence-electron chi connectivity index (χ0n) is 10.8. The van der Waals surface area contributed by atoms with Crippen molar-refractivity contribution >= 4 is 0 Å². The van der Waals surface area contributed by atoms with Gasteiger partial charge in [0.25, 0.3) is 0 Å². The first-order valence-corrected chi connectivity index (χ1v) is 6.71. The number of hydrogen-bond donors (Lipinski definition) is 0. The summed E-state index contributed by atoms with van der Waals surface area (Å²) in [5, 5.41) is 0. The summed E-state index contributed by atoms with van der Waals surface area (Å²) >= 11 is 0. The molecule has 5 rings (SSSR count). The smallest absolute Gasteiger partial charge is 0.131 e. The standard InChI is InChI=1S/C16H14O3/c1-7-12-8-3-5-10(18-8)14(12)16(17-2)15-11-6-4-9(19-11)13(7)15/h3-6,8-11H,1-2H3/t8-,9+,10-,11+. The Bertz CT molecular complexity index is 618. The van der Waals surface area contributed by atoms with E-state index in [2.05, 4.69) is 31.2 Å². The van der Waals surface area contributed by atoms with Crippen LogP contribution >= 0.6 is 0 Å². The highest BCUT2D eigenvalue weighted by Crippen LogP contribution is 2.59. The number of fused-ring (bicyclic) bond motifs is 10. The first-order valence-electron chi connectivity index (χ1n) is 6.71. The SMILES string of the molecule is COc1c2c(c(C)c3c1[C@H]1C=C[C@H]3O1)[C@@H]1C=C[C@@H]2O1. The highest BCUT2D eigenvalue weighted by molar-refractivity contribution is 5.66. The first-order chi connectivity index (χ1) is 9.29. The molecule has 3 nitrogen and oxygen atoms in total. The van der Waals surface area contributed by atoms with Crippen LogP contribution in [-0.2, 0) is 9.47 Å². The summed E-state index contributed by atoms with van der Waals surface area (Å²) in [5.74, 6) is 0.976. The molecular formula is C16H14O3. The van der Waals surface area contributed by atoms with Crippen LogP contribution in [0.5, 0.6) is 5.75 Å². The molecule has 0 amide bonds. The third-order valence-corrected chi connectivity index (χ3v) is 4.73. The van der Waals surface area contributed by atoms with E-state index >= 15 is 0 Å². The van der Waals surface area contributed by atoms with Crippen molar-refractivity contribution in [1.29, 1.82) is 0 Å². The molecule has 0 fully saturated rings. The number of methoxy groups -OCH3 is 1. The van der Waals surface area contributed by atoms with E-state index in [-0.39, 0.29) is 24.4 Å². The molecule has 0 N–H and O–H groups in total. The van der Waals surface area contributed by atoms with Crippen molar-refractivity contribution in [2.24, 2.45) is 0 Å². The zero-order valence-corrected chi connectivity index (χ0v) is 10.8. The van der Waals surface area contributed by atoms with E-state index in [0.717, 1.165) is 5.75 Å². The fourth-order valence-electron chi connectivity index (χ4n) is 4.02. The molecule has 4 heterocycles. The maximum atomic E-state index is 5.98. The second-order valence-corrected chi connectivity index (χ2v) is 5.54. The van der Waals surface area contributed by atoms with Gasteiger partial charge in [-0.1, -0.05) is 24.3 Å². The van der Waals surface area contributed by atoms with Gasteiger partial charge in [0.15, 0.2) is 0 Å². The van der Waals surface area contributed by atoms with E-state index in [1.54, 1.807) is 7.11 Å². The van der Waals surface area contributed by atoms with Gasteiger partial charge in [-0.25, -0.2) is 0 Å². The molecule has 4 aliphatic heterocycles. The maximum absolute atomic E-state index is 5.98. The van der Waals surface area contributed by atoms with E-state index in [9.17, 15) is 0 Å². The number of ether oxygens (including phenoxy) is 3. The Hall–Kier alpha value is -1.58. The Morgan fingerprint density at radius 2 is 1.21 bits per heavy atom. The molecular weight excluding hydrogens is 240 g/mol. The summed E-state index contributed by atoms with van der Waals surface area (Å²) in [6.07, 6.45) is 8.87. The molecule has 4 atom stereocenters. The van der Waals surface area contributed by atoms with Crippen molar-refractivity contribution in [1.82, 2.24) is 0 Å². The van der Waals surface area contributed by atoms with Crippen LogP contribution in [0, 0.1) is 6.92 Å². The molecule has 3 heteroatoms. The van der Waals surface area contributed by atoms with E-state index in [0.29, 0.717) is 0 Å². The van der Waals surface area contributed by atoms with Crippen LogP contribution < -0.4 is 4.74 Å². The monoisotopic (exact) mass is 254 g/mol. The largest absolute Gasteiger partial charge is 0.496 e. The molecule has 1 aromatic rings. The van der Waals surface area contributed by atoms with Crippen molar-refractivity contribution in [3.63, 3.8) is 0 Å². The Morgan fingerprint density at radius 1 is 0.789 bits per heavy atom. The average molecular weight is 254 g/mol. The van der Waals surface area contributed by atoms with Gasteiger partial charge >= 0.3 is 0 Å². The van der Waals surface area contributed by atoms with E-state index in [1.807, 2.05) is 0 Å². The fraction of sp³-hybridized carbons (Fsp3) is 0.375. The Morgan fingerprint density at radius 3 is 1.63 bits per heavy atom. The van der Waals surface area contributed by atoms with Crippen molar-refractivity contribution in [3.8, 4) is 5.75 Å². The van der Waals surface area contributed by atoms with E-state index < -0.39 is 0 Å². The number of benzene rings is 1. The first kappa shape index (κ1) is 10.2. The van der Waals surface area contributed by atoms with Crippen LogP contribution in [0.25, 0.3) is 0 Å². The highest BCUT2D eigenvalue weighted by Gasteiger charge is 2.46. The highest BCUT2D eigenvalue weighted by atomic mass is 16.5. The third kappa shape index (κ3) is 1.00. The summed E-state index contributed by atoms with van der Waals surface area (Å²) in [6.45, 7) is 2.19.